The van der Waals surface area contributed by atoms with E-state index in [0.29, 0.717) is 5.56 Å². The molecule has 3 rings (SSSR count). The zero-order valence-electron chi connectivity index (χ0n) is 12.5. The van der Waals surface area contributed by atoms with Crippen molar-refractivity contribution >= 4 is 11.4 Å². The van der Waals surface area contributed by atoms with Gasteiger partial charge in [-0.05, 0) is 18.2 Å². The van der Waals surface area contributed by atoms with Gasteiger partial charge in [0.25, 0.3) is 0 Å². The molecule has 0 heterocycles. The summed E-state index contributed by atoms with van der Waals surface area (Å²) in [5, 5.41) is 13.5. The zero-order valence-corrected chi connectivity index (χ0v) is 12.5. The van der Waals surface area contributed by atoms with Gasteiger partial charge in [-0.1, -0.05) is 66.7 Å². The van der Waals surface area contributed by atoms with E-state index in [4.69, 9.17) is 5.26 Å². The van der Waals surface area contributed by atoms with E-state index in [0.717, 1.165) is 22.5 Å². The normalized spacial score (nSPS) is 9.70. The highest BCUT2D eigenvalue weighted by atomic mass is 15.3. The maximum Gasteiger partial charge on any atom is 0.0992 e. The fourth-order valence-electron chi connectivity index (χ4n) is 2.27. The largest absolute Gasteiger partial charge is 0.278 e. The van der Waals surface area contributed by atoms with Crippen LogP contribution in [-0.4, -0.2) is 5.71 Å². The summed E-state index contributed by atoms with van der Waals surface area (Å²) in [6.45, 7) is 0. The van der Waals surface area contributed by atoms with Crippen LogP contribution in [0.1, 0.15) is 16.7 Å². The molecule has 0 saturated carbocycles. The molecule has 0 aliphatic rings. The Labute approximate surface area is 135 Å². The van der Waals surface area contributed by atoms with E-state index >= 15 is 0 Å². The van der Waals surface area contributed by atoms with Crippen molar-refractivity contribution < 1.29 is 0 Å². The molecule has 3 aromatic carbocycles. The van der Waals surface area contributed by atoms with Gasteiger partial charge in [-0.25, -0.2) is 0 Å². The number of nitrogens with one attached hydrogen (secondary N) is 1. The molecule has 1 N–H and O–H groups in total. The van der Waals surface area contributed by atoms with Crippen molar-refractivity contribution in [3.63, 3.8) is 0 Å². The fourth-order valence-corrected chi connectivity index (χ4v) is 2.27. The van der Waals surface area contributed by atoms with Gasteiger partial charge in [-0.2, -0.15) is 10.4 Å². The van der Waals surface area contributed by atoms with E-state index in [1.807, 2.05) is 72.8 Å². The average Bonchev–Trinajstić information content (AvgIpc) is 2.64. The van der Waals surface area contributed by atoms with Crippen molar-refractivity contribution in [1.82, 2.24) is 0 Å². The van der Waals surface area contributed by atoms with E-state index in [1.54, 1.807) is 12.1 Å². The molecule has 0 bridgehead atoms. The molecule has 0 radical (unpaired) electrons. The Morgan fingerprint density at radius 2 is 1.39 bits per heavy atom. The maximum atomic E-state index is 8.98. The summed E-state index contributed by atoms with van der Waals surface area (Å²) in [5.74, 6) is 0. The van der Waals surface area contributed by atoms with Gasteiger partial charge in [0.15, 0.2) is 0 Å². The minimum Gasteiger partial charge on any atom is -0.278 e. The van der Waals surface area contributed by atoms with E-state index in [9.17, 15) is 0 Å². The van der Waals surface area contributed by atoms with Gasteiger partial charge in [0.2, 0.25) is 0 Å². The van der Waals surface area contributed by atoms with Crippen LogP contribution < -0.4 is 5.43 Å². The summed E-state index contributed by atoms with van der Waals surface area (Å²) in [7, 11) is 0. The Kier molecular flexibility index (Phi) is 4.47. The van der Waals surface area contributed by atoms with Crippen molar-refractivity contribution in [2.45, 2.75) is 0 Å². The maximum absolute atomic E-state index is 8.98. The lowest BCUT2D eigenvalue weighted by Crippen LogP contribution is -2.06. The van der Waals surface area contributed by atoms with Gasteiger partial charge < -0.3 is 0 Å². The highest BCUT2D eigenvalue weighted by Gasteiger charge is 2.06. The smallest absolute Gasteiger partial charge is 0.0992 e. The molecule has 0 fully saturated rings. The third kappa shape index (κ3) is 3.63. The fraction of sp³-hybridized carbons (Fsp3) is 0. The summed E-state index contributed by atoms with van der Waals surface area (Å²) >= 11 is 0. The van der Waals surface area contributed by atoms with E-state index in [2.05, 4.69) is 16.6 Å². The standard InChI is InChI=1S/C20H15N3/c21-15-16-8-7-13-19(14-16)22-23-20(17-9-3-1-4-10-17)18-11-5-2-6-12-18/h1-14,22H. The number of nitriles is 1. The Bertz CT molecular complexity index is 805. The molecule has 110 valence electrons. The number of nitrogens with zero attached hydrogens (tertiary/aromatic N) is 2. The molecule has 0 aliphatic heterocycles. The lowest BCUT2D eigenvalue weighted by atomic mass is 10.0. The van der Waals surface area contributed by atoms with Crippen molar-refractivity contribution in [2.24, 2.45) is 5.10 Å². The van der Waals surface area contributed by atoms with Crippen molar-refractivity contribution in [3.8, 4) is 6.07 Å². The quantitative estimate of drug-likeness (QED) is 0.572. The number of hydrogen-bond acceptors (Lipinski definition) is 3. The molecule has 0 atom stereocenters. The predicted octanol–water partition coefficient (Wildman–Crippen LogP) is 4.42. The molecule has 3 nitrogen and oxygen atoms in total. The van der Waals surface area contributed by atoms with Crippen LogP contribution in [0.2, 0.25) is 0 Å². The van der Waals surface area contributed by atoms with E-state index in [-0.39, 0.29) is 0 Å². The molecular weight excluding hydrogens is 282 g/mol. The summed E-state index contributed by atoms with van der Waals surface area (Å²) in [5.41, 5.74) is 7.36. The lowest BCUT2D eigenvalue weighted by molar-refractivity contribution is 1.32. The number of hydrogen-bond donors (Lipinski definition) is 1. The first-order valence-electron chi connectivity index (χ1n) is 7.31. The molecule has 0 unspecified atom stereocenters. The highest BCUT2D eigenvalue weighted by molar-refractivity contribution is 6.13. The first-order chi connectivity index (χ1) is 11.4. The Morgan fingerprint density at radius 3 is 1.96 bits per heavy atom. The van der Waals surface area contributed by atoms with Gasteiger partial charge in [0, 0.05) is 11.1 Å². The molecule has 0 saturated heterocycles. The van der Waals surface area contributed by atoms with Crippen LogP contribution in [0.5, 0.6) is 0 Å². The van der Waals surface area contributed by atoms with Gasteiger partial charge >= 0.3 is 0 Å². The van der Waals surface area contributed by atoms with Gasteiger partial charge in [-0.3, -0.25) is 5.43 Å². The van der Waals surface area contributed by atoms with E-state index < -0.39 is 0 Å². The molecule has 23 heavy (non-hydrogen) atoms. The molecule has 0 aromatic heterocycles. The van der Waals surface area contributed by atoms with Gasteiger partial charge in [-0.15, -0.1) is 0 Å². The van der Waals surface area contributed by atoms with E-state index in [1.165, 1.54) is 0 Å². The first kappa shape index (κ1) is 14.6. The minimum absolute atomic E-state index is 0.603. The summed E-state index contributed by atoms with van der Waals surface area (Å²) < 4.78 is 0. The van der Waals surface area contributed by atoms with Gasteiger partial charge in [0.05, 0.1) is 23.0 Å². The van der Waals surface area contributed by atoms with Crippen molar-refractivity contribution in [3.05, 3.63) is 102 Å². The molecule has 3 heteroatoms. The Hall–Kier alpha value is -3.38. The summed E-state index contributed by atoms with van der Waals surface area (Å²) in [6, 6.07) is 29.4. The molecule has 0 amide bonds. The Balaban J connectivity index is 1.97. The van der Waals surface area contributed by atoms with Crippen molar-refractivity contribution in [1.29, 1.82) is 5.26 Å². The van der Waals surface area contributed by atoms with Gasteiger partial charge in [0.1, 0.15) is 0 Å². The highest BCUT2D eigenvalue weighted by Crippen LogP contribution is 2.14. The van der Waals surface area contributed by atoms with Crippen LogP contribution in [0.25, 0.3) is 0 Å². The topological polar surface area (TPSA) is 48.2 Å². The first-order valence-corrected chi connectivity index (χ1v) is 7.31. The van der Waals surface area contributed by atoms with Crippen LogP contribution in [0.15, 0.2) is 90.0 Å². The number of hydrazone groups is 1. The molecular formula is C20H15N3. The predicted molar refractivity (Wildman–Crippen MR) is 93.3 cm³/mol. The van der Waals surface area contributed by atoms with Crippen LogP contribution in [0, 0.1) is 11.3 Å². The number of benzene rings is 3. The second-order valence-electron chi connectivity index (χ2n) is 5.00. The van der Waals surface area contributed by atoms with Crippen LogP contribution in [-0.2, 0) is 0 Å². The summed E-state index contributed by atoms with van der Waals surface area (Å²) in [4.78, 5) is 0. The lowest BCUT2D eigenvalue weighted by Gasteiger charge is -2.08. The number of anilines is 1. The molecule has 0 spiro atoms. The third-order valence-electron chi connectivity index (χ3n) is 3.38. The monoisotopic (exact) mass is 297 g/mol. The Morgan fingerprint density at radius 1 is 0.783 bits per heavy atom. The molecule has 3 aromatic rings. The average molecular weight is 297 g/mol. The van der Waals surface area contributed by atoms with Crippen LogP contribution >= 0.6 is 0 Å². The SMILES string of the molecule is N#Cc1cccc(NN=C(c2ccccc2)c2ccccc2)c1. The summed E-state index contributed by atoms with van der Waals surface area (Å²) in [6.07, 6.45) is 0. The third-order valence-corrected chi connectivity index (χ3v) is 3.38. The van der Waals surface area contributed by atoms with Crippen molar-refractivity contribution in [2.75, 3.05) is 5.43 Å². The minimum atomic E-state index is 0.603. The van der Waals surface area contributed by atoms with Crippen LogP contribution in [0.3, 0.4) is 0 Å². The zero-order chi connectivity index (χ0) is 15.9. The second kappa shape index (κ2) is 7.06. The van der Waals surface area contributed by atoms with Crippen LogP contribution in [0.4, 0.5) is 5.69 Å². The number of rotatable bonds is 4. The second-order valence-corrected chi connectivity index (χ2v) is 5.00. The molecule has 0 aliphatic carbocycles.